The fourth-order valence-electron chi connectivity index (χ4n) is 1.86. The lowest BCUT2D eigenvalue weighted by Gasteiger charge is -2.07. The van der Waals surface area contributed by atoms with Gasteiger partial charge in [-0.3, -0.25) is 4.79 Å². The maximum atomic E-state index is 12.3. The van der Waals surface area contributed by atoms with E-state index in [1.807, 2.05) is 6.07 Å². The van der Waals surface area contributed by atoms with Crippen LogP contribution in [0.3, 0.4) is 0 Å². The second kappa shape index (κ2) is 5.48. The maximum absolute atomic E-state index is 12.3. The van der Waals surface area contributed by atoms with Crippen molar-refractivity contribution in [3.05, 3.63) is 52.5 Å². The molecule has 2 aromatic carbocycles. The van der Waals surface area contributed by atoms with Crippen molar-refractivity contribution in [2.75, 3.05) is 5.32 Å². The van der Waals surface area contributed by atoms with Crippen LogP contribution in [0.25, 0.3) is 11.0 Å². The van der Waals surface area contributed by atoms with Gasteiger partial charge in [-0.2, -0.15) is 14.0 Å². The number of hydrogen-bond donors (Lipinski definition) is 1. The van der Waals surface area contributed by atoms with Gasteiger partial charge in [-0.25, -0.2) is 0 Å². The molecule has 21 heavy (non-hydrogen) atoms. The number of aromatic nitrogens is 2. The third kappa shape index (κ3) is 2.57. The zero-order chi connectivity index (χ0) is 14.8. The molecule has 3 aromatic rings. The number of carbonyl (C=O) groups is 1. The first kappa shape index (κ1) is 13.5. The molecule has 0 aliphatic rings. The first-order valence-electron chi connectivity index (χ1n) is 5.91. The van der Waals surface area contributed by atoms with E-state index >= 15 is 0 Å². The van der Waals surface area contributed by atoms with Crippen LogP contribution < -0.4 is 5.32 Å². The van der Waals surface area contributed by atoms with Crippen LogP contribution in [0.5, 0.6) is 0 Å². The van der Waals surface area contributed by atoms with Gasteiger partial charge < -0.3 is 5.32 Å². The summed E-state index contributed by atoms with van der Waals surface area (Å²) in [6.07, 6.45) is 0. The van der Waals surface area contributed by atoms with Crippen molar-refractivity contribution in [3.8, 4) is 6.07 Å². The zero-order valence-electron chi connectivity index (χ0n) is 10.5. The molecule has 1 heterocycles. The van der Waals surface area contributed by atoms with E-state index in [-0.39, 0.29) is 5.91 Å². The summed E-state index contributed by atoms with van der Waals surface area (Å²) in [7, 11) is 0. The maximum Gasteiger partial charge on any atom is 0.255 e. The van der Waals surface area contributed by atoms with E-state index in [9.17, 15) is 4.79 Å². The van der Waals surface area contributed by atoms with Gasteiger partial charge in [-0.15, -0.1) is 0 Å². The molecule has 0 saturated carbocycles. The average Bonchev–Trinajstić information content (AvgIpc) is 2.99. The largest absolute Gasteiger partial charge is 0.319 e. The summed E-state index contributed by atoms with van der Waals surface area (Å²) >= 11 is 7.17. The minimum Gasteiger partial charge on any atom is -0.319 e. The van der Waals surface area contributed by atoms with E-state index in [1.165, 1.54) is 6.07 Å². The Morgan fingerprint density at radius 3 is 2.95 bits per heavy atom. The highest BCUT2D eigenvalue weighted by molar-refractivity contribution is 7.00. The van der Waals surface area contributed by atoms with Crippen LogP contribution >= 0.6 is 23.3 Å². The van der Waals surface area contributed by atoms with Crippen LogP contribution in [0.4, 0.5) is 5.69 Å². The number of amides is 1. The second-order valence-corrected chi connectivity index (χ2v) is 5.14. The molecule has 0 radical (unpaired) electrons. The van der Waals surface area contributed by atoms with Gasteiger partial charge in [-0.05, 0) is 30.3 Å². The molecule has 3 rings (SSSR count). The number of nitriles is 1. The highest BCUT2D eigenvalue weighted by Gasteiger charge is 2.14. The standard InChI is InChI=1S/C14H7ClN4OS/c15-10-4-5-11-13(19-21-18-11)12(10)17-14(20)9-3-1-2-8(6-9)7-16/h1-6H,(H,17,20). The molecule has 1 aromatic heterocycles. The highest BCUT2D eigenvalue weighted by Crippen LogP contribution is 2.30. The summed E-state index contributed by atoms with van der Waals surface area (Å²) in [5.41, 5.74) is 2.45. The molecular formula is C14H7ClN4OS. The van der Waals surface area contributed by atoms with Crippen LogP contribution in [0.2, 0.25) is 5.02 Å². The zero-order valence-corrected chi connectivity index (χ0v) is 12.1. The van der Waals surface area contributed by atoms with Gasteiger partial charge in [0.1, 0.15) is 11.0 Å². The second-order valence-electron chi connectivity index (χ2n) is 4.20. The summed E-state index contributed by atoms with van der Waals surface area (Å²) in [6, 6.07) is 11.8. The van der Waals surface area contributed by atoms with E-state index in [0.29, 0.717) is 32.9 Å². The van der Waals surface area contributed by atoms with Gasteiger partial charge in [0.15, 0.2) is 0 Å². The van der Waals surface area contributed by atoms with Crippen molar-refractivity contribution in [2.45, 2.75) is 0 Å². The minimum atomic E-state index is -0.352. The Bertz CT molecular complexity index is 884. The molecule has 0 atom stereocenters. The minimum absolute atomic E-state index is 0.352. The Kier molecular flexibility index (Phi) is 3.52. The van der Waals surface area contributed by atoms with Crippen molar-refractivity contribution in [1.29, 1.82) is 5.26 Å². The van der Waals surface area contributed by atoms with E-state index in [0.717, 1.165) is 11.7 Å². The molecule has 0 aliphatic heterocycles. The lowest BCUT2D eigenvalue weighted by atomic mass is 10.1. The molecule has 0 bridgehead atoms. The molecule has 0 aliphatic carbocycles. The number of rotatable bonds is 2. The summed E-state index contributed by atoms with van der Waals surface area (Å²) in [4.78, 5) is 12.3. The van der Waals surface area contributed by atoms with Gasteiger partial charge in [-0.1, -0.05) is 17.7 Å². The first-order chi connectivity index (χ1) is 10.2. The summed E-state index contributed by atoms with van der Waals surface area (Å²) in [5.74, 6) is -0.352. The topological polar surface area (TPSA) is 78.7 Å². The number of nitrogens with one attached hydrogen (secondary N) is 1. The Morgan fingerprint density at radius 2 is 2.14 bits per heavy atom. The Balaban J connectivity index is 1.98. The lowest BCUT2D eigenvalue weighted by Crippen LogP contribution is -2.12. The van der Waals surface area contributed by atoms with E-state index in [2.05, 4.69) is 14.1 Å². The van der Waals surface area contributed by atoms with Crippen LogP contribution in [-0.2, 0) is 0 Å². The molecule has 0 unspecified atom stereocenters. The Labute approximate surface area is 129 Å². The van der Waals surface area contributed by atoms with E-state index in [1.54, 1.807) is 30.3 Å². The molecule has 0 spiro atoms. The van der Waals surface area contributed by atoms with Gasteiger partial charge in [0.25, 0.3) is 5.91 Å². The Hall–Kier alpha value is -2.49. The monoisotopic (exact) mass is 314 g/mol. The van der Waals surface area contributed by atoms with Crippen LogP contribution in [-0.4, -0.2) is 14.7 Å². The van der Waals surface area contributed by atoms with Crippen molar-refractivity contribution >= 4 is 46.0 Å². The number of anilines is 1. The van der Waals surface area contributed by atoms with Crippen molar-refractivity contribution < 1.29 is 4.79 Å². The molecule has 5 nitrogen and oxygen atoms in total. The molecule has 1 amide bonds. The van der Waals surface area contributed by atoms with Gasteiger partial charge in [0.05, 0.1) is 34.1 Å². The van der Waals surface area contributed by atoms with Crippen molar-refractivity contribution in [1.82, 2.24) is 8.75 Å². The normalized spacial score (nSPS) is 10.3. The summed E-state index contributed by atoms with van der Waals surface area (Å²) in [5, 5.41) is 12.0. The molecule has 1 N–H and O–H groups in total. The predicted octanol–water partition coefficient (Wildman–Crippen LogP) is 3.47. The fourth-order valence-corrected chi connectivity index (χ4v) is 2.60. The predicted molar refractivity (Wildman–Crippen MR) is 81.5 cm³/mol. The number of fused-ring (bicyclic) bond motifs is 1. The quantitative estimate of drug-likeness (QED) is 0.785. The summed E-state index contributed by atoms with van der Waals surface area (Å²) < 4.78 is 8.24. The first-order valence-corrected chi connectivity index (χ1v) is 7.02. The number of benzene rings is 2. The molecule has 102 valence electrons. The molecule has 0 fully saturated rings. The smallest absolute Gasteiger partial charge is 0.255 e. The van der Waals surface area contributed by atoms with Crippen LogP contribution in [0.15, 0.2) is 36.4 Å². The van der Waals surface area contributed by atoms with Gasteiger partial charge in [0, 0.05) is 5.56 Å². The average molecular weight is 315 g/mol. The number of hydrogen-bond acceptors (Lipinski definition) is 5. The lowest BCUT2D eigenvalue weighted by molar-refractivity contribution is 0.102. The summed E-state index contributed by atoms with van der Waals surface area (Å²) in [6.45, 7) is 0. The van der Waals surface area contributed by atoms with E-state index < -0.39 is 0 Å². The fraction of sp³-hybridized carbons (Fsp3) is 0. The number of nitrogens with zero attached hydrogens (tertiary/aromatic N) is 3. The van der Waals surface area contributed by atoms with Gasteiger partial charge >= 0.3 is 0 Å². The van der Waals surface area contributed by atoms with E-state index in [4.69, 9.17) is 16.9 Å². The number of halogens is 1. The van der Waals surface area contributed by atoms with Crippen molar-refractivity contribution in [3.63, 3.8) is 0 Å². The highest BCUT2D eigenvalue weighted by atomic mass is 35.5. The van der Waals surface area contributed by atoms with Crippen molar-refractivity contribution in [2.24, 2.45) is 0 Å². The molecular weight excluding hydrogens is 308 g/mol. The Morgan fingerprint density at radius 1 is 1.29 bits per heavy atom. The number of carbonyl (C=O) groups excluding carboxylic acids is 1. The third-order valence-corrected chi connectivity index (χ3v) is 3.73. The van der Waals surface area contributed by atoms with Crippen LogP contribution in [0, 0.1) is 11.3 Å². The molecule has 7 heteroatoms. The molecule has 0 saturated heterocycles. The van der Waals surface area contributed by atoms with Gasteiger partial charge in [0.2, 0.25) is 0 Å². The van der Waals surface area contributed by atoms with Crippen LogP contribution in [0.1, 0.15) is 15.9 Å². The SMILES string of the molecule is N#Cc1cccc(C(=O)Nc2c(Cl)ccc3nsnc23)c1. The third-order valence-electron chi connectivity index (χ3n) is 2.87.